The molecule has 2 heterocycles. The molecule has 3 rings (SSSR count). The smallest absolute Gasteiger partial charge is 0.237 e. The van der Waals surface area contributed by atoms with E-state index in [1.54, 1.807) is 0 Å². The van der Waals surface area contributed by atoms with Crippen molar-refractivity contribution in [3.05, 3.63) is 35.4 Å². The SMILES string of the molecule is Cc1ccc(CN2CC3CNCCN3CC2=O)cc1. The van der Waals surface area contributed by atoms with E-state index < -0.39 is 0 Å². The molecule has 1 unspecified atom stereocenters. The van der Waals surface area contributed by atoms with Gasteiger partial charge >= 0.3 is 0 Å². The molecule has 4 heteroatoms. The highest BCUT2D eigenvalue weighted by atomic mass is 16.2. The first-order chi connectivity index (χ1) is 9.22. The van der Waals surface area contributed by atoms with Crippen LogP contribution in [0.4, 0.5) is 0 Å². The fourth-order valence-electron chi connectivity index (χ4n) is 2.89. The summed E-state index contributed by atoms with van der Waals surface area (Å²) in [6, 6.07) is 8.94. The van der Waals surface area contributed by atoms with Crippen molar-refractivity contribution in [2.45, 2.75) is 19.5 Å². The van der Waals surface area contributed by atoms with E-state index >= 15 is 0 Å². The van der Waals surface area contributed by atoms with Gasteiger partial charge in [0.25, 0.3) is 0 Å². The maximum atomic E-state index is 12.2. The van der Waals surface area contributed by atoms with Gasteiger partial charge in [0.1, 0.15) is 0 Å². The van der Waals surface area contributed by atoms with Crippen LogP contribution < -0.4 is 5.32 Å². The zero-order chi connectivity index (χ0) is 13.2. The summed E-state index contributed by atoms with van der Waals surface area (Å²) < 4.78 is 0. The molecule has 0 aromatic heterocycles. The summed E-state index contributed by atoms with van der Waals surface area (Å²) in [6.45, 7) is 7.25. The van der Waals surface area contributed by atoms with E-state index in [0.29, 0.717) is 12.6 Å². The first-order valence-electron chi connectivity index (χ1n) is 7.00. The summed E-state index contributed by atoms with van der Waals surface area (Å²) in [5, 5.41) is 3.41. The minimum Gasteiger partial charge on any atom is -0.336 e. The number of nitrogens with zero attached hydrogens (tertiary/aromatic N) is 2. The molecule has 0 spiro atoms. The van der Waals surface area contributed by atoms with Gasteiger partial charge in [-0.1, -0.05) is 29.8 Å². The van der Waals surface area contributed by atoms with Gasteiger partial charge in [0.05, 0.1) is 6.54 Å². The van der Waals surface area contributed by atoms with E-state index in [9.17, 15) is 4.79 Å². The minimum atomic E-state index is 0.263. The molecule has 1 aromatic carbocycles. The maximum Gasteiger partial charge on any atom is 0.237 e. The summed E-state index contributed by atoms with van der Waals surface area (Å²) in [6.07, 6.45) is 0. The number of rotatable bonds is 2. The van der Waals surface area contributed by atoms with Crippen molar-refractivity contribution in [2.75, 3.05) is 32.7 Å². The molecule has 0 aliphatic carbocycles. The van der Waals surface area contributed by atoms with Crippen LogP contribution in [0.3, 0.4) is 0 Å². The number of carbonyl (C=O) groups is 1. The number of hydrogen-bond donors (Lipinski definition) is 1. The van der Waals surface area contributed by atoms with Crippen molar-refractivity contribution in [1.82, 2.24) is 15.1 Å². The Balaban J connectivity index is 1.67. The highest BCUT2D eigenvalue weighted by Gasteiger charge is 2.33. The predicted octanol–water partition coefficient (Wildman–Crippen LogP) is 0.611. The molecule has 2 aliphatic heterocycles. The molecule has 0 saturated carbocycles. The second-order valence-electron chi connectivity index (χ2n) is 5.59. The lowest BCUT2D eigenvalue weighted by Crippen LogP contribution is -2.62. The topological polar surface area (TPSA) is 35.6 Å². The fourth-order valence-corrected chi connectivity index (χ4v) is 2.89. The number of piperazine rings is 2. The average Bonchev–Trinajstić information content (AvgIpc) is 2.42. The van der Waals surface area contributed by atoms with Crippen molar-refractivity contribution >= 4 is 5.91 Å². The molecule has 4 nitrogen and oxygen atoms in total. The number of aryl methyl sites for hydroxylation is 1. The van der Waals surface area contributed by atoms with Crippen LogP contribution in [-0.4, -0.2) is 54.5 Å². The molecule has 1 aromatic rings. The third-order valence-corrected chi connectivity index (χ3v) is 4.09. The molecular weight excluding hydrogens is 238 g/mol. The number of fused-ring (bicyclic) bond motifs is 1. The quantitative estimate of drug-likeness (QED) is 0.845. The molecule has 0 radical (unpaired) electrons. The lowest BCUT2D eigenvalue weighted by atomic mass is 10.1. The summed E-state index contributed by atoms with van der Waals surface area (Å²) in [5.41, 5.74) is 2.48. The lowest BCUT2D eigenvalue weighted by molar-refractivity contribution is -0.139. The zero-order valence-corrected chi connectivity index (χ0v) is 11.4. The van der Waals surface area contributed by atoms with Crippen LogP contribution in [0.15, 0.2) is 24.3 Å². The summed E-state index contributed by atoms with van der Waals surface area (Å²) in [4.78, 5) is 16.5. The Hall–Kier alpha value is -1.39. The van der Waals surface area contributed by atoms with Crippen LogP contribution in [0, 0.1) is 6.92 Å². The van der Waals surface area contributed by atoms with Crippen LogP contribution in [0.2, 0.25) is 0 Å². The van der Waals surface area contributed by atoms with Gasteiger partial charge in [-0.15, -0.1) is 0 Å². The van der Waals surface area contributed by atoms with Gasteiger partial charge in [-0.05, 0) is 12.5 Å². The van der Waals surface area contributed by atoms with Gasteiger partial charge < -0.3 is 10.2 Å². The molecule has 1 N–H and O–H groups in total. The molecule has 1 amide bonds. The number of amides is 1. The van der Waals surface area contributed by atoms with Crippen molar-refractivity contribution in [3.63, 3.8) is 0 Å². The van der Waals surface area contributed by atoms with Gasteiger partial charge in [0, 0.05) is 38.8 Å². The highest BCUT2D eigenvalue weighted by Crippen LogP contribution is 2.15. The molecule has 2 aliphatic rings. The molecule has 2 fully saturated rings. The normalized spacial score (nSPS) is 24.4. The predicted molar refractivity (Wildman–Crippen MR) is 74.8 cm³/mol. The van der Waals surface area contributed by atoms with E-state index in [-0.39, 0.29) is 5.91 Å². The zero-order valence-electron chi connectivity index (χ0n) is 11.4. The number of carbonyl (C=O) groups excluding carboxylic acids is 1. The highest BCUT2D eigenvalue weighted by molar-refractivity contribution is 5.79. The molecule has 1 atom stereocenters. The van der Waals surface area contributed by atoms with Gasteiger partial charge in [0.2, 0.25) is 5.91 Å². The Labute approximate surface area is 114 Å². The number of benzene rings is 1. The first-order valence-corrected chi connectivity index (χ1v) is 7.00. The van der Waals surface area contributed by atoms with E-state index in [1.807, 2.05) is 4.90 Å². The van der Waals surface area contributed by atoms with Crippen LogP contribution in [-0.2, 0) is 11.3 Å². The van der Waals surface area contributed by atoms with Crippen molar-refractivity contribution < 1.29 is 4.79 Å². The van der Waals surface area contributed by atoms with Gasteiger partial charge in [-0.3, -0.25) is 9.69 Å². The van der Waals surface area contributed by atoms with Crippen LogP contribution in [0.25, 0.3) is 0 Å². The fraction of sp³-hybridized carbons (Fsp3) is 0.533. The maximum absolute atomic E-state index is 12.2. The van der Waals surface area contributed by atoms with E-state index in [4.69, 9.17) is 0 Å². The van der Waals surface area contributed by atoms with Crippen molar-refractivity contribution in [2.24, 2.45) is 0 Å². The Bertz CT molecular complexity index is 457. The lowest BCUT2D eigenvalue weighted by Gasteiger charge is -2.43. The van der Waals surface area contributed by atoms with Gasteiger partial charge in [-0.2, -0.15) is 0 Å². The second-order valence-corrected chi connectivity index (χ2v) is 5.59. The van der Waals surface area contributed by atoms with Crippen LogP contribution >= 0.6 is 0 Å². The van der Waals surface area contributed by atoms with Gasteiger partial charge in [0.15, 0.2) is 0 Å². The first kappa shape index (κ1) is 12.6. The molecule has 19 heavy (non-hydrogen) atoms. The summed E-state index contributed by atoms with van der Waals surface area (Å²) in [5.74, 6) is 0.263. The van der Waals surface area contributed by atoms with Crippen LogP contribution in [0.5, 0.6) is 0 Å². The van der Waals surface area contributed by atoms with Crippen molar-refractivity contribution in [1.29, 1.82) is 0 Å². The molecular formula is C15H21N3O. The second kappa shape index (κ2) is 5.31. The summed E-state index contributed by atoms with van der Waals surface area (Å²) >= 11 is 0. The van der Waals surface area contributed by atoms with E-state index in [1.165, 1.54) is 11.1 Å². The van der Waals surface area contributed by atoms with E-state index in [2.05, 4.69) is 41.4 Å². The third kappa shape index (κ3) is 2.80. The number of hydrogen-bond acceptors (Lipinski definition) is 3. The average molecular weight is 259 g/mol. The number of nitrogens with one attached hydrogen (secondary N) is 1. The Morgan fingerprint density at radius 2 is 2.11 bits per heavy atom. The Morgan fingerprint density at radius 3 is 2.89 bits per heavy atom. The Morgan fingerprint density at radius 1 is 1.32 bits per heavy atom. The van der Waals surface area contributed by atoms with Crippen molar-refractivity contribution in [3.8, 4) is 0 Å². The minimum absolute atomic E-state index is 0.263. The molecule has 2 saturated heterocycles. The van der Waals surface area contributed by atoms with E-state index in [0.717, 1.165) is 32.7 Å². The largest absolute Gasteiger partial charge is 0.336 e. The monoisotopic (exact) mass is 259 g/mol. The van der Waals surface area contributed by atoms with Gasteiger partial charge in [-0.25, -0.2) is 0 Å². The molecule has 0 bridgehead atoms. The third-order valence-electron chi connectivity index (χ3n) is 4.09. The van der Waals surface area contributed by atoms with Crippen LogP contribution in [0.1, 0.15) is 11.1 Å². The molecule has 102 valence electrons. The standard InChI is InChI=1S/C15H21N3O/c1-12-2-4-13(5-3-12)9-18-10-14-8-16-6-7-17(14)11-15(18)19/h2-5,14,16H,6-11H2,1H3. The Kier molecular flexibility index (Phi) is 3.53. The summed E-state index contributed by atoms with van der Waals surface area (Å²) in [7, 11) is 0.